The van der Waals surface area contributed by atoms with Crippen molar-refractivity contribution in [3.05, 3.63) is 23.2 Å². The predicted molar refractivity (Wildman–Crippen MR) is 111 cm³/mol. The second-order valence-corrected chi connectivity index (χ2v) is 9.24. The van der Waals surface area contributed by atoms with Crippen LogP contribution in [0.15, 0.2) is 23.1 Å². The lowest BCUT2D eigenvalue weighted by atomic mass is 10.3. The lowest BCUT2D eigenvalue weighted by molar-refractivity contribution is 0.0730. The van der Waals surface area contributed by atoms with Crippen LogP contribution >= 0.6 is 23.8 Å². The van der Waals surface area contributed by atoms with E-state index in [2.05, 4.69) is 22.0 Å². The van der Waals surface area contributed by atoms with E-state index in [1.54, 1.807) is 12.1 Å². The van der Waals surface area contributed by atoms with Crippen molar-refractivity contribution in [3.63, 3.8) is 0 Å². The molecule has 10 heteroatoms. The molecule has 0 atom stereocenters. The molecule has 0 bridgehead atoms. The first-order chi connectivity index (χ1) is 12.9. The molecule has 0 aromatic heterocycles. The van der Waals surface area contributed by atoms with Gasteiger partial charge < -0.3 is 19.9 Å². The van der Waals surface area contributed by atoms with Crippen molar-refractivity contribution in [1.82, 2.24) is 14.1 Å². The Hall–Kier alpha value is -0.970. The Kier molecular flexibility index (Phi) is 6.93. The fourth-order valence-corrected chi connectivity index (χ4v) is 5.05. The normalized spacial score (nSPS) is 19.9. The van der Waals surface area contributed by atoms with Crippen LogP contribution in [0.4, 0.5) is 5.69 Å². The summed E-state index contributed by atoms with van der Waals surface area (Å²) in [6.45, 7) is 8.29. The molecule has 0 spiro atoms. The van der Waals surface area contributed by atoms with Gasteiger partial charge in [0.15, 0.2) is 5.11 Å². The monoisotopic (exact) mass is 432 g/mol. The Balaban J connectivity index is 1.73. The number of ether oxygens (including phenoxy) is 1. The number of thiocarbonyl (C=S) groups is 1. The fourth-order valence-electron chi connectivity index (χ4n) is 3.16. The molecule has 1 N–H and O–H groups in total. The summed E-state index contributed by atoms with van der Waals surface area (Å²) in [6, 6.07) is 4.68. The van der Waals surface area contributed by atoms with Gasteiger partial charge in [-0.05, 0) is 37.0 Å². The van der Waals surface area contributed by atoms with Gasteiger partial charge in [0, 0.05) is 39.3 Å². The molecule has 150 valence electrons. The number of halogens is 1. The van der Waals surface area contributed by atoms with Gasteiger partial charge in [0.2, 0.25) is 10.0 Å². The zero-order chi connectivity index (χ0) is 19.4. The molecule has 2 fully saturated rings. The molecular formula is C17H25ClN4O3S2. The van der Waals surface area contributed by atoms with E-state index in [-0.39, 0.29) is 4.90 Å². The van der Waals surface area contributed by atoms with Gasteiger partial charge in [-0.3, -0.25) is 0 Å². The van der Waals surface area contributed by atoms with Crippen molar-refractivity contribution >= 4 is 44.6 Å². The largest absolute Gasteiger partial charge is 0.379 e. The molecule has 0 amide bonds. The Labute approximate surface area is 171 Å². The highest BCUT2D eigenvalue weighted by Crippen LogP contribution is 2.27. The zero-order valence-electron chi connectivity index (χ0n) is 15.4. The first kappa shape index (κ1) is 20.8. The number of morpholine rings is 1. The average Bonchev–Trinajstić information content (AvgIpc) is 2.70. The molecule has 3 rings (SSSR count). The molecule has 2 saturated heterocycles. The highest BCUT2D eigenvalue weighted by molar-refractivity contribution is 7.89. The van der Waals surface area contributed by atoms with Gasteiger partial charge >= 0.3 is 0 Å². The number of rotatable bonds is 4. The lowest BCUT2D eigenvalue weighted by Crippen LogP contribution is -2.49. The molecule has 1 aromatic carbocycles. The van der Waals surface area contributed by atoms with Crippen LogP contribution in [-0.4, -0.2) is 86.7 Å². The summed E-state index contributed by atoms with van der Waals surface area (Å²) in [5.41, 5.74) is 0.508. The van der Waals surface area contributed by atoms with Crippen LogP contribution in [0, 0.1) is 0 Å². The van der Waals surface area contributed by atoms with Crippen LogP contribution in [0.5, 0.6) is 0 Å². The van der Waals surface area contributed by atoms with Gasteiger partial charge in [0.05, 0.1) is 28.8 Å². The Morgan fingerprint density at radius 2 is 1.85 bits per heavy atom. The second kappa shape index (κ2) is 9.02. The highest BCUT2D eigenvalue weighted by Gasteiger charge is 2.27. The van der Waals surface area contributed by atoms with E-state index >= 15 is 0 Å². The van der Waals surface area contributed by atoms with Crippen molar-refractivity contribution in [2.24, 2.45) is 0 Å². The van der Waals surface area contributed by atoms with E-state index in [1.165, 1.54) is 10.4 Å². The molecular weight excluding hydrogens is 408 g/mol. The molecule has 0 aliphatic carbocycles. The SMILES string of the molecule is CCN1CCN(C(=S)Nc2cc(S(=O)(=O)N3CCOCC3)ccc2Cl)CC1. The van der Waals surface area contributed by atoms with Crippen LogP contribution in [0.2, 0.25) is 5.02 Å². The first-order valence-electron chi connectivity index (χ1n) is 9.07. The third-order valence-corrected chi connectivity index (χ3v) is 7.48. The number of sulfonamides is 1. The number of anilines is 1. The van der Waals surface area contributed by atoms with E-state index < -0.39 is 10.0 Å². The summed E-state index contributed by atoms with van der Waals surface area (Å²) in [7, 11) is -3.58. The number of piperazine rings is 1. The molecule has 2 aliphatic rings. The zero-order valence-corrected chi connectivity index (χ0v) is 17.7. The quantitative estimate of drug-likeness (QED) is 0.726. The maximum absolute atomic E-state index is 12.9. The number of hydrogen-bond donors (Lipinski definition) is 1. The number of benzene rings is 1. The molecule has 0 saturated carbocycles. The van der Waals surface area contributed by atoms with Gasteiger partial charge in [-0.2, -0.15) is 4.31 Å². The van der Waals surface area contributed by atoms with Gasteiger partial charge in [-0.1, -0.05) is 18.5 Å². The van der Waals surface area contributed by atoms with Gasteiger partial charge in [0.1, 0.15) is 0 Å². The summed E-state index contributed by atoms with van der Waals surface area (Å²) >= 11 is 11.8. The highest BCUT2D eigenvalue weighted by atomic mass is 35.5. The Morgan fingerprint density at radius 3 is 2.48 bits per heavy atom. The molecule has 7 nitrogen and oxygen atoms in total. The third-order valence-electron chi connectivity index (χ3n) is 4.89. The number of nitrogens with zero attached hydrogens (tertiary/aromatic N) is 3. The van der Waals surface area contributed by atoms with Crippen LogP contribution in [0.3, 0.4) is 0 Å². The predicted octanol–water partition coefficient (Wildman–Crippen LogP) is 1.70. The minimum atomic E-state index is -3.58. The van der Waals surface area contributed by atoms with Crippen LogP contribution in [0.1, 0.15) is 6.92 Å². The van der Waals surface area contributed by atoms with Crippen LogP contribution in [0.25, 0.3) is 0 Å². The molecule has 1 aromatic rings. The maximum Gasteiger partial charge on any atom is 0.243 e. The minimum Gasteiger partial charge on any atom is -0.379 e. The standard InChI is InChI=1S/C17H25ClN4O3S2/c1-2-20-5-7-21(8-6-20)17(26)19-16-13-14(3-4-15(16)18)27(23,24)22-9-11-25-12-10-22/h3-4,13H,2,5-12H2,1H3,(H,19,26). The molecule has 27 heavy (non-hydrogen) atoms. The molecule has 0 unspecified atom stereocenters. The minimum absolute atomic E-state index is 0.204. The second-order valence-electron chi connectivity index (χ2n) is 6.51. The van der Waals surface area contributed by atoms with E-state index in [1.807, 2.05) is 0 Å². The Morgan fingerprint density at radius 1 is 1.19 bits per heavy atom. The lowest BCUT2D eigenvalue weighted by Gasteiger charge is -2.35. The summed E-state index contributed by atoms with van der Waals surface area (Å²) < 4.78 is 32.4. The smallest absolute Gasteiger partial charge is 0.243 e. The van der Waals surface area contributed by atoms with Gasteiger partial charge in [-0.15, -0.1) is 0 Å². The summed E-state index contributed by atoms with van der Waals surface area (Å²) in [4.78, 5) is 4.65. The molecule has 2 heterocycles. The molecule has 2 aliphatic heterocycles. The number of likely N-dealkylation sites (N-methyl/N-ethyl adjacent to an activating group) is 1. The van der Waals surface area contributed by atoms with Crippen molar-refractivity contribution < 1.29 is 13.2 Å². The van der Waals surface area contributed by atoms with Crippen molar-refractivity contribution in [2.75, 3.05) is 64.3 Å². The van der Waals surface area contributed by atoms with E-state index in [0.29, 0.717) is 42.1 Å². The first-order valence-corrected chi connectivity index (χ1v) is 11.3. The van der Waals surface area contributed by atoms with Crippen molar-refractivity contribution in [2.45, 2.75) is 11.8 Å². The van der Waals surface area contributed by atoms with E-state index in [4.69, 9.17) is 28.6 Å². The third kappa shape index (κ3) is 4.90. The van der Waals surface area contributed by atoms with E-state index in [0.717, 1.165) is 32.7 Å². The summed E-state index contributed by atoms with van der Waals surface area (Å²) in [6.07, 6.45) is 0. The Bertz CT molecular complexity index is 776. The molecule has 0 radical (unpaired) electrons. The van der Waals surface area contributed by atoms with Crippen LogP contribution in [-0.2, 0) is 14.8 Å². The summed E-state index contributed by atoms with van der Waals surface area (Å²) in [5, 5.41) is 4.13. The average molecular weight is 433 g/mol. The van der Waals surface area contributed by atoms with Crippen LogP contribution < -0.4 is 5.32 Å². The van der Waals surface area contributed by atoms with Crippen molar-refractivity contribution in [1.29, 1.82) is 0 Å². The van der Waals surface area contributed by atoms with Gasteiger partial charge in [0.25, 0.3) is 0 Å². The fraction of sp³-hybridized carbons (Fsp3) is 0.588. The maximum atomic E-state index is 12.9. The summed E-state index contributed by atoms with van der Waals surface area (Å²) in [5.74, 6) is 0. The van der Waals surface area contributed by atoms with Gasteiger partial charge in [-0.25, -0.2) is 8.42 Å². The van der Waals surface area contributed by atoms with E-state index in [9.17, 15) is 8.42 Å². The topological polar surface area (TPSA) is 65.1 Å². The number of hydrogen-bond acceptors (Lipinski definition) is 5. The number of nitrogens with one attached hydrogen (secondary N) is 1. The van der Waals surface area contributed by atoms with Crippen molar-refractivity contribution in [3.8, 4) is 0 Å².